The number of rotatable bonds is 7. The summed E-state index contributed by atoms with van der Waals surface area (Å²) in [5.41, 5.74) is 0.751. The lowest BCUT2D eigenvalue weighted by atomic mass is 9.85. The van der Waals surface area contributed by atoms with Gasteiger partial charge in [0.15, 0.2) is 0 Å². The van der Waals surface area contributed by atoms with Crippen LogP contribution in [0.25, 0.3) is 5.69 Å². The normalized spacial score (nSPS) is 16.9. The number of ether oxygens (including phenoxy) is 3. The molecule has 5 rings (SSSR count). The Morgan fingerprint density at radius 3 is 2.61 bits per heavy atom. The van der Waals surface area contributed by atoms with E-state index >= 15 is 0 Å². The third-order valence-corrected chi connectivity index (χ3v) is 7.64. The van der Waals surface area contributed by atoms with Crippen molar-refractivity contribution in [1.82, 2.24) is 14.3 Å². The second-order valence-electron chi connectivity index (χ2n) is 10.0. The minimum absolute atomic E-state index is 0.0788. The van der Waals surface area contributed by atoms with Crippen LogP contribution in [-0.2, 0) is 33.2 Å². The van der Waals surface area contributed by atoms with Crippen LogP contribution >= 0.6 is 23.2 Å². The van der Waals surface area contributed by atoms with Gasteiger partial charge in [-0.1, -0.05) is 29.1 Å². The van der Waals surface area contributed by atoms with Gasteiger partial charge in [0.1, 0.15) is 29.7 Å². The van der Waals surface area contributed by atoms with Gasteiger partial charge in [0.25, 0.3) is 0 Å². The van der Waals surface area contributed by atoms with Crippen LogP contribution in [0.1, 0.15) is 45.0 Å². The molecule has 0 spiro atoms. The van der Waals surface area contributed by atoms with E-state index in [2.05, 4.69) is 11.0 Å². The minimum atomic E-state index is -3.53. The number of hydrogen-bond donors (Lipinski definition) is 0. The molecule has 0 aliphatic carbocycles. The second-order valence-corrected chi connectivity index (χ2v) is 12.4. The average molecular weight is 625 g/mol. The SMILES string of the molecule is C#CCOc1cc(-n2nc3n(c2=O)CCCC3)c(Cl)cc1Cl.CCOC1Oc2ccc(OS(C)(=O)=O)cc2C1(C)C. The van der Waals surface area contributed by atoms with Gasteiger partial charge < -0.3 is 18.4 Å². The standard InChI is InChI=1S/C15H13Cl2N3O2.C13H18O5S/c1-2-7-22-13-9-12(10(16)8-11(13)17)20-15(21)19-6-4-3-5-14(19)18-20;1-5-16-12-13(2,3)10-8-9(18-19(4,14)15)6-7-11(10)17-12/h1,8-9H,3-7H2;6-8,12H,5H2,1-4H3. The molecule has 0 saturated carbocycles. The van der Waals surface area contributed by atoms with Crippen molar-refractivity contribution in [3.63, 3.8) is 0 Å². The summed E-state index contributed by atoms with van der Waals surface area (Å²) in [6.45, 7) is 7.19. The van der Waals surface area contributed by atoms with Gasteiger partial charge >= 0.3 is 15.8 Å². The minimum Gasteiger partial charge on any atom is -0.479 e. The number of aryl methyl sites for hydroxylation is 1. The molecule has 0 N–H and O–H groups in total. The van der Waals surface area contributed by atoms with Gasteiger partial charge in [-0.3, -0.25) is 4.57 Å². The maximum Gasteiger partial charge on any atom is 0.350 e. The number of nitrogens with zero attached hydrogens (tertiary/aromatic N) is 3. The van der Waals surface area contributed by atoms with Gasteiger partial charge in [-0.05, 0) is 57.9 Å². The Morgan fingerprint density at radius 2 is 1.95 bits per heavy atom. The maximum absolute atomic E-state index is 12.5. The molecule has 2 aliphatic heterocycles. The number of hydrogen-bond acceptors (Lipinski definition) is 8. The molecule has 0 bridgehead atoms. The zero-order chi connectivity index (χ0) is 29.9. The highest BCUT2D eigenvalue weighted by molar-refractivity contribution is 7.86. The number of halogens is 2. The van der Waals surface area contributed by atoms with E-state index < -0.39 is 10.1 Å². The Balaban J connectivity index is 0.000000191. The van der Waals surface area contributed by atoms with Crippen molar-refractivity contribution < 1.29 is 26.8 Å². The van der Waals surface area contributed by atoms with Crippen LogP contribution in [0.2, 0.25) is 10.0 Å². The van der Waals surface area contributed by atoms with Crippen LogP contribution in [0, 0.1) is 12.3 Å². The van der Waals surface area contributed by atoms with Gasteiger partial charge in [-0.15, -0.1) is 11.5 Å². The first-order valence-corrected chi connectivity index (χ1v) is 15.5. The molecule has 13 heteroatoms. The number of aromatic nitrogens is 3. The topological polar surface area (TPSA) is 111 Å². The molecule has 1 atom stereocenters. The fraction of sp³-hybridized carbons (Fsp3) is 0.429. The van der Waals surface area contributed by atoms with E-state index in [-0.39, 0.29) is 29.8 Å². The molecule has 3 aromatic rings. The first kappa shape index (κ1) is 30.8. The van der Waals surface area contributed by atoms with E-state index in [0.717, 1.165) is 36.9 Å². The summed E-state index contributed by atoms with van der Waals surface area (Å²) in [6, 6.07) is 8.08. The molecule has 220 valence electrons. The Morgan fingerprint density at radius 1 is 1.20 bits per heavy atom. The van der Waals surface area contributed by atoms with E-state index in [4.69, 9.17) is 48.0 Å². The molecule has 1 unspecified atom stereocenters. The van der Waals surface area contributed by atoms with Crippen LogP contribution in [0.15, 0.2) is 35.1 Å². The summed E-state index contributed by atoms with van der Waals surface area (Å²) in [4.78, 5) is 12.5. The zero-order valence-electron chi connectivity index (χ0n) is 23.1. The van der Waals surface area contributed by atoms with Crippen LogP contribution in [0.5, 0.6) is 17.2 Å². The Bertz CT molecular complexity index is 1640. The summed E-state index contributed by atoms with van der Waals surface area (Å²) < 4.78 is 46.8. The Labute approximate surface area is 249 Å². The van der Waals surface area contributed by atoms with Crippen LogP contribution < -0.4 is 19.3 Å². The first-order chi connectivity index (χ1) is 19.4. The molecule has 0 saturated heterocycles. The second kappa shape index (κ2) is 12.4. The quantitative estimate of drug-likeness (QED) is 0.274. The molecular weight excluding hydrogens is 593 g/mol. The van der Waals surface area contributed by atoms with Gasteiger partial charge in [-0.25, -0.2) is 4.79 Å². The molecule has 10 nitrogen and oxygen atoms in total. The monoisotopic (exact) mass is 623 g/mol. The van der Waals surface area contributed by atoms with E-state index in [1.54, 1.807) is 28.8 Å². The van der Waals surface area contributed by atoms with Crippen LogP contribution in [-0.4, -0.2) is 48.5 Å². The molecule has 1 aromatic heterocycles. The highest BCUT2D eigenvalue weighted by atomic mass is 35.5. The largest absolute Gasteiger partial charge is 0.479 e. The Kier molecular flexibility index (Phi) is 9.29. The Hall–Kier alpha value is -3.17. The van der Waals surface area contributed by atoms with Crippen LogP contribution in [0.4, 0.5) is 0 Å². The summed E-state index contributed by atoms with van der Waals surface area (Å²) in [5, 5.41) is 5.04. The van der Waals surface area contributed by atoms with E-state index in [1.807, 2.05) is 20.8 Å². The molecule has 2 aromatic carbocycles. The summed E-state index contributed by atoms with van der Waals surface area (Å²) in [5.74, 6) is 4.50. The fourth-order valence-corrected chi connectivity index (χ4v) is 5.56. The van der Waals surface area contributed by atoms with E-state index in [1.165, 1.54) is 10.7 Å². The molecule has 41 heavy (non-hydrogen) atoms. The molecule has 2 aliphatic rings. The lowest BCUT2D eigenvalue weighted by Gasteiger charge is -2.25. The highest BCUT2D eigenvalue weighted by Gasteiger charge is 2.42. The smallest absolute Gasteiger partial charge is 0.350 e. The van der Waals surface area contributed by atoms with Gasteiger partial charge in [0.2, 0.25) is 6.29 Å². The lowest BCUT2D eigenvalue weighted by Crippen LogP contribution is -2.34. The molecular formula is C28H31Cl2N3O7S. The van der Waals surface area contributed by atoms with Crippen molar-refractivity contribution in [3.8, 4) is 35.3 Å². The van der Waals surface area contributed by atoms with E-state index in [0.29, 0.717) is 40.4 Å². The number of fused-ring (bicyclic) bond motifs is 2. The third-order valence-electron chi connectivity index (χ3n) is 6.55. The van der Waals surface area contributed by atoms with Crippen molar-refractivity contribution in [2.24, 2.45) is 0 Å². The third kappa shape index (κ3) is 6.84. The van der Waals surface area contributed by atoms with Crippen molar-refractivity contribution in [2.45, 2.75) is 58.3 Å². The molecule has 0 amide bonds. The van der Waals surface area contributed by atoms with Crippen molar-refractivity contribution in [2.75, 3.05) is 19.5 Å². The van der Waals surface area contributed by atoms with Crippen LogP contribution in [0.3, 0.4) is 0 Å². The van der Waals surface area contributed by atoms with Gasteiger partial charge in [0, 0.05) is 31.2 Å². The molecule has 0 fully saturated rings. The number of terminal acetylenes is 1. The maximum atomic E-state index is 12.5. The predicted molar refractivity (Wildman–Crippen MR) is 156 cm³/mol. The van der Waals surface area contributed by atoms with E-state index in [9.17, 15) is 13.2 Å². The molecule has 3 heterocycles. The summed E-state index contributed by atoms with van der Waals surface area (Å²) in [7, 11) is -3.53. The predicted octanol–water partition coefficient (Wildman–Crippen LogP) is 4.75. The molecule has 0 radical (unpaired) electrons. The first-order valence-electron chi connectivity index (χ1n) is 12.9. The van der Waals surface area contributed by atoms with Crippen molar-refractivity contribution in [3.05, 3.63) is 62.2 Å². The fourth-order valence-electron chi connectivity index (χ4n) is 4.59. The van der Waals surface area contributed by atoms with Crippen molar-refractivity contribution in [1.29, 1.82) is 0 Å². The van der Waals surface area contributed by atoms with Gasteiger partial charge in [-0.2, -0.15) is 13.1 Å². The summed E-state index contributed by atoms with van der Waals surface area (Å²) >= 11 is 12.3. The average Bonchev–Trinajstić information content (AvgIpc) is 3.36. The lowest BCUT2D eigenvalue weighted by molar-refractivity contribution is -0.0981. The summed E-state index contributed by atoms with van der Waals surface area (Å²) in [6.07, 6.45) is 8.62. The zero-order valence-corrected chi connectivity index (χ0v) is 25.5. The van der Waals surface area contributed by atoms with Gasteiger partial charge in [0.05, 0.1) is 27.4 Å². The van der Waals surface area contributed by atoms with Crippen molar-refractivity contribution >= 4 is 33.3 Å². The number of benzene rings is 2. The highest BCUT2D eigenvalue weighted by Crippen LogP contribution is 2.44.